The van der Waals surface area contributed by atoms with Crippen molar-refractivity contribution in [3.8, 4) is 0 Å². The Hall–Kier alpha value is -2.34. The molecule has 0 bridgehead atoms. The van der Waals surface area contributed by atoms with Crippen LogP contribution in [0.2, 0.25) is 5.02 Å². The summed E-state index contributed by atoms with van der Waals surface area (Å²) in [6.45, 7) is 10.9. The highest BCUT2D eigenvalue weighted by molar-refractivity contribution is 6.30. The van der Waals surface area contributed by atoms with Crippen LogP contribution in [-0.4, -0.2) is 53.1 Å². The average Bonchev–Trinajstić information content (AvgIpc) is 2.70. The van der Waals surface area contributed by atoms with Gasteiger partial charge in [0.25, 0.3) is 0 Å². The van der Waals surface area contributed by atoms with Crippen LogP contribution in [0.3, 0.4) is 0 Å². The molecule has 1 saturated heterocycles. The van der Waals surface area contributed by atoms with Crippen molar-refractivity contribution in [3.05, 3.63) is 51.9 Å². The zero-order valence-corrected chi connectivity index (χ0v) is 18.5. The number of piperazine rings is 1. The molecular formula is C22H30ClN5O. The molecule has 1 aromatic carbocycles. The van der Waals surface area contributed by atoms with E-state index in [9.17, 15) is 4.79 Å². The molecule has 0 atom stereocenters. The van der Waals surface area contributed by atoms with E-state index in [0.717, 1.165) is 48.3 Å². The Balaban J connectivity index is 1.82. The number of carbonyl (C=O) groups excluding carboxylic acids is 1. The Kier molecular flexibility index (Phi) is 6.96. The maximum absolute atomic E-state index is 12.3. The number of aryl methyl sites for hydroxylation is 2. The Morgan fingerprint density at radius 3 is 2.38 bits per heavy atom. The van der Waals surface area contributed by atoms with E-state index in [0.29, 0.717) is 13.1 Å². The van der Waals surface area contributed by atoms with Crippen LogP contribution in [0.1, 0.15) is 43.4 Å². The lowest BCUT2D eigenvalue weighted by Gasteiger charge is -2.37. The molecule has 6 nitrogen and oxygen atoms in total. The van der Waals surface area contributed by atoms with E-state index in [4.69, 9.17) is 21.6 Å². The first-order valence-corrected chi connectivity index (χ1v) is 10.7. The lowest BCUT2D eigenvalue weighted by Crippen LogP contribution is -2.53. The number of hydrogen-bond donors (Lipinski definition) is 1. The molecular weight excluding hydrogens is 386 g/mol. The van der Waals surface area contributed by atoms with Crippen LogP contribution < -0.4 is 10.2 Å². The van der Waals surface area contributed by atoms with E-state index in [1.54, 1.807) is 0 Å². The Morgan fingerprint density at radius 1 is 1.14 bits per heavy atom. The summed E-state index contributed by atoms with van der Waals surface area (Å²) in [6, 6.07) is 8.10. The van der Waals surface area contributed by atoms with Gasteiger partial charge in [-0.1, -0.05) is 30.7 Å². The minimum absolute atomic E-state index is 0.00848. The van der Waals surface area contributed by atoms with E-state index in [1.807, 2.05) is 37.8 Å². The van der Waals surface area contributed by atoms with Crippen molar-refractivity contribution in [2.24, 2.45) is 0 Å². The van der Waals surface area contributed by atoms with Crippen LogP contribution in [-0.2, 0) is 12.8 Å². The first-order chi connectivity index (χ1) is 13.9. The molecule has 29 heavy (non-hydrogen) atoms. The number of carbonyl (C=O) groups is 1. The third-order valence-electron chi connectivity index (χ3n) is 5.09. The van der Waals surface area contributed by atoms with Gasteiger partial charge in [-0.05, 0) is 44.9 Å². The van der Waals surface area contributed by atoms with Gasteiger partial charge in [-0.15, -0.1) is 0 Å². The summed E-state index contributed by atoms with van der Waals surface area (Å²) in [4.78, 5) is 26.0. The highest BCUT2D eigenvalue weighted by Crippen LogP contribution is 2.26. The summed E-state index contributed by atoms with van der Waals surface area (Å²) in [5.41, 5.74) is 3.44. The van der Waals surface area contributed by atoms with E-state index < -0.39 is 0 Å². The van der Waals surface area contributed by atoms with Crippen LogP contribution in [0.5, 0.6) is 0 Å². The predicted molar refractivity (Wildman–Crippen MR) is 118 cm³/mol. The number of benzene rings is 1. The van der Waals surface area contributed by atoms with Gasteiger partial charge in [0.15, 0.2) is 0 Å². The van der Waals surface area contributed by atoms with Gasteiger partial charge in [0.05, 0.1) is 0 Å². The molecule has 156 valence electrons. The van der Waals surface area contributed by atoms with Crippen LogP contribution in [0.15, 0.2) is 24.3 Å². The van der Waals surface area contributed by atoms with Gasteiger partial charge in [-0.3, -0.25) is 0 Å². The second kappa shape index (κ2) is 9.44. The summed E-state index contributed by atoms with van der Waals surface area (Å²) in [5, 5.41) is 3.71. The quantitative estimate of drug-likeness (QED) is 0.806. The molecule has 7 heteroatoms. The van der Waals surface area contributed by atoms with Crippen molar-refractivity contribution in [2.75, 3.05) is 31.1 Å². The highest BCUT2D eigenvalue weighted by Gasteiger charge is 2.25. The molecule has 1 fully saturated rings. The molecule has 1 aliphatic rings. The second-order valence-corrected chi connectivity index (χ2v) is 8.19. The molecule has 2 amide bonds. The molecule has 0 radical (unpaired) electrons. The zero-order valence-electron chi connectivity index (χ0n) is 17.7. The molecule has 2 heterocycles. The lowest BCUT2D eigenvalue weighted by molar-refractivity contribution is 0.191. The van der Waals surface area contributed by atoms with Gasteiger partial charge in [0.1, 0.15) is 11.6 Å². The fourth-order valence-electron chi connectivity index (χ4n) is 3.64. The molecule has 0 unspecified atom stereocenters. The van der Waals surface area contributed by atoms with E-state index in [-0.39, 0.29) is 12.1 Å². The number of anilines is 1. The molecule has 2 aromatic rings. The first-order valence-electron chi connectivity index (χ1n) is 10.3. The van der Waals surface area contributed by atoms with Crippen LogP contribution in [0.4, 0.5) is 10.6 Å². The van der Waals surface area contributed by atoms with Gasteiger partial charge < -0.3 is 15.1 Å². The van der Waals surface area contributed by atoms with E-state index >= 15 is 0 Å². The van der Waals surface area contributed by atoms with Crippen molar-refractivity contribution >= 4 is 23.4 Å². The summed E-state index contributed by atoms with van der Waals surface area (Å²) < 4.78 is 0. The van der Waals surface area contributed by atoms with Crippen molar-refractivity contribution in [2.45, 2.75) is 46.6 Å². The van der Waals surface area contributed by atoms with Gasteiger partial charge in [0, 0.05) is 54.9 Å². The standard InChI is InChI=1S/C22H30ClN5O/c1-5-20-19(14-17-6-8-18(23)9-7-17)21(26-16(4)25-20)27-10-12-28(13-11-27)22(29)24-15(2)3/h6-9,15H,5,10-14H2,1-4H3,(H,24,29). The fraction of sp³-hybridized carbons (Fsp3) is 0.500. The highest BCUT2D eigenvalue weighted by atomic mass is 35.5. The van der Waals surface area contributed by atoms with Crippen LogP contribution in [0, 0.1) is 6.92 Å². The lowest BCUT2D eigenvalue weighted by atomic mass is 10.0. The normalized spacial score (nSPS) is 14.4. The second-order valence-electron chi connectivity index (χ2n) is 7.75. The topological polar surface area (TPSA) is 61.4 Å². The average molecular weight is 416 g/mol. The number of nitrogens with zero attached hydrogens (tertiary/aromatic N) is 4. The van der Waals surface area contributed by atoms with E-state index in [1.165, 1.54) is 11.1 Å². The zero-order chi connectivity index (χ0) is 21.0. The number of halogens is 1. The van der Waals surface area contributed by atoms with Crippen molar-refractivity contribution < 1.29 is 4.79 Å². The van der Waals surface area contributed by atoms with Crippen molar-refractivity contribution in [1.29, 1.82) is 0 Å². The molecule has 0 saturated carbocycles. The van der Waals surface area contributed by atoms with Crippen LogP contribution in [0.25, 0.3) is 0 Å². The van der Waals surface area contributed by atoms with Crippen molar-refractivity contribution in [1.82, 2.24) is 20.2 Å². The third-order valence-corrected chi connectivity index (χ3v) is 5.34. The maximum Gasteiger partial charge on any atom is 0.317 e. The first kappa shape index (κ1) is 21.4. The summed E-state index contributed by atoms with van der Waals surface area (Å²) in [5.74, 6) is 1.78. The van der Waals surface area contributed by atoms with Crippen molar-refractivity contribution in [3.63, 3.8) is 0 Å². The third kappa shape index (κ3) is 5.38. The summed E-state index contributed by atoms with van der Waals surface area (Å²) in [6.07, 6.45) is 1.63. The van der Waals surface area contributed by atoms with E-state index in [2.05, 4.69) is 29.3 Å². The fourth-order valence-corrected chi connectivity index (χ4v) is 3.76. The minimum Gasteiger partial charge on any atom is -0.353 e. The number of amides is 2. The number of urea groups is 1. The molecule has 1 aliphatic heterocycles. The largest absolute Gasteiger partial charge is 0.353 e. The smallest absolute Gasteiger partial charge is 0.317 e. The number of nitrogens with one attached hydrogen (secondary N) is 1. The van der Waals surface area contributed by atoms with Gasteiger partial charge in [0.2, 0.25) is 0 Å². The van der Waals surface area contributed by atoms with Crippen LogP contribution >= 0.6 is 11.6 Å². The monoisotopic (exact) mass is 415 g/mol. The SMILES string of the molecule is CCc1nc(C)nc(N2CCN(C(=O)NC(C)C)CC2)c1Cc1ccc(Cl)cc1. The Bertz CT molecular complexity index is 845. The van der Waals surface area contributed by atoms with Gasteiger partial charge in [-0.2, -0.15) is 0 Å². The van der Waals surface area contributed by atoms with Gasteiger partial charge >= 0.3 is 6.03 Å². The summed E-state index contributed by atoms with van der Waals surface area (Å²) >= 11 is 6.05. The maximum atomic E-state index is 12.3. The minimum atomic E-state index is 0.00848. The summed E-state index contributed by atoms with van der Waals surface area (Å²) in [7, 11) is 0. The van der Waals surface area contributed by atoms with Gasteiger partial charge in [-0.25, -0.2) is 14.8 Å². The Morgan fingerprint density at radius 2 is 1.79 bits per heavy atom. The number of rotatable bonds is 5. The number of aromatic nitrogens is 2. The molecule has 1 aromatic heterocycles. The Labute approximate surface area is 178 Å². The number of hydrogen-bond acceptors (Lipinski definition) is 4. The molecule has 3 rings (SSSR count). The molecule has 0 aliphatic carbocycles. The molecule has 0 spiro atoms. The molecule has 1 N–H and O–H groups in total. The predicted octanol–water partition coefficient (Wildman–Crippen LogP) is 3.83.